The van der Waals surface area contributed by atoms with Gasteiger partial charge in [0.15, 0.2) is 0 Å². The van der Waals surface area contributed by atoms with Crippen LogP contribution in [0.3, 0.4) is 0 Å². The lowest BCUT2D eigenvalue weighted by Gasteiger charge is -2.30. The monoisotopic (exact) mass is 282 g/mol. The first kappa shape index (κ1) is 13.0. The fourth-order valence-corrected chi connectivity index (χ4v) is 2.92. The lowest BCUT2D eigenvalue weighted by molar-refractivity contribution is 0.0701. The third-order valence-electron chi connectivity index (χ3n) is 4.01. The molecule has 1 saturated heterocycles. The molecule has 1 N–H and O–H groups in total. The molecule has 1 aromatic heterocycles. The predicted molar refractivity (Wildman–Crippen MR) is 73.4 cm³/mol. The van der Waals surface area contributed by atoms with Crippen LogP contribution in [-0.2, 0) is 0 Å². The third-order valence-corrected chi connectivity index (χ3v) is 4.30. The van der Waals surface area contributed by atoms with Crippen LogP contribution in [0.15, 0.2) is 16.7 Å². The van der Waals surface area contributed by atoms with E-state index in [0.29, 0.717) is 17.5 Å². The first-order valence-electron chi connectivity index (χ1n) is 7.00. The van der Waals surface area contributed by atoms with Gasteiger partial charge < -0.3 is 14.6 Å². The summed E-state index contributed by atoms with van der Waals surface area (Å²) in [7, 11) is 0. The Morgan fingerprint density at radius 1 is 1.37 bits per heavy atom. The molecule has 1 saturated carbocycles. The number of carbonyl (C=O) groups is 1. The summed E-state index contributed by atoms with van der Waals surface area (Å²) in [5.74, 6) is 0.635. The van der Waals surface area contributed by atoms with Gasteiger partial charge in [0, 0.05) is 12.6 Å². The quantitative estimate of drug-likeness (QED) is 0.923. The number of amides is 1. The van der Waals surface area contributed by atoms with Gasteiger partial charge in [0.25, 0.3) is 5.91 Å². The van der Waals surface area contributed by atoms with Crippen molar-refractivity contribution in [1.29, 1.82) is 0 Å². The topological polar surface area (TPSA) is 45.5 Å². The van der Waals surface area contributed by atoms with Crippen LogP contribution in [0.1, 0.15) is 36.0 Å². The van der Waals surface area contributed by atoms with E-state index in [1.807, 2.05) is 4.90 Å². The molecule has 5 heteroatoms. The normalized spacial score (nSPS) is 20.5. The average Bonchev–Trinajstić information content (AvgIpc) is 3.18. The minimum atomic E-state index is 0.0276. The summed E-state index contributed by atoms with van der Waals surface area (Å²) in [4.78, 5) is 14.6. The van der Waals surface area contributed by atoms with E-state index in [2.05, 4.69) is 5.32 Å². The van der Waals surface area contributed by atoms with E-state index in [9.17, 15) is 4.79 Å². The number of hydrogen-bond donors (Lipinski definition) is 1. The highest BCUT2D eigenvalue weighted by molar-refractivity contribution is 6.32. The van der Waals surface area contributed by atoms with Gasteiger partial charge in [-0.2, -0.15) is 0 Å². The van der Waals surface area contributed by atoms with Gasteiger partial charge in [-0.15, -0.1) is 0 Å². The number of carbonyl (C=O) groups excluding carboxylic acids is 1. The highest BCUT2D eigenvalue weighted by Crippen LogP contribution is 2.31. The number of nitrogens with zero attached hydrogens (tertiary/aromatic N) is 1. The Bertz CT molecular complexity index is 450. The molecule has 1 aliphatic heterocycles. The Morgan fingerprint density at radius 2 is 2.11 bits per heavy atom. The van der Waals surface area contributed by atoms with Crippen LogP contribution in [-0.4, -0.2) is 36.5 Å². The summed E-state index contributed by atoms with van der Waals surface area (Å²) >= 11 is 5.92. The summed E-state index contributed by atoms with van der Waals surface area (Å²) in [6, 6.07) is 2.08. The Morgan fingerprint density at radius 3 is 2.68 bits per heavy atom. The highest BCUT2D eigenvalue weighted by atomic mass is 35.5. The third kappa shape index (κ3) is 2.95. The van der Waals surface area contributed by atoms with Gasteiger partial charge in [-0.3, -0.25) is 4.79 Å². The lowest BCUT2D eigenvalue weighted by atomic mass is 9.97. The number of piperidine rings is 1. The van der Waals surface area contributed by atoms with Crippen LogP contribution < -0.4 is 5.32 Å². The number of nitrogens with one attached hydrogen (secondary N) is 1. The van der Waals surface area contributed by atoms with Gasteiger partial charge >= 0.3 is 0 Å². The molecule has 104 valence electrons. The lowest BCUT2D eigenvalue weighted by Crippen LogP contribution is -2.40. The first-order valence-corrected chi connectivity index (χ1v) is 7.38. The summed E-state index contributed by atoms with van der Waals surface area (Å²) < 4.78 is 5.03. The molecule has 19 heavy (non-hydrogen) atoms. The van der Waals surface area contributed by atoms with Crippen LogP contribution >= 0.6 is 11.6 Å². The zero-order chi connectivity index (χ0) is 13.2. The van der Waals surface area contributed by atoms with Crippen molar-refractivity contribution in [1.82, 2.24) is 10.2 Å². The second-order valence-corrected chi connectivity index (χ2v) is 5.83. The van der Waals surface area contributed by atoms with Crippen molar-refractivity contribution in [3.8, 4) is 0 Å². The van der Waals surface area contributed by atoms with Crippen molar-refractivity contribution >= 4 is 17.5 Å². The second-order valence-electron chi connectivity index (χ2n) is 5.49. The van der Waals surface area contributed by atoms with Crippen molar-refractivity contribution in [3.05, 3.63) is 23.1 Å². The molecule has 4 nitrogen and oxygen atoms in total. The predicted octanol–water partition coefficient (Wildman–Crippen LogP) is 2.54. The molecule has 0 unspecified atom stereocenters. The van der Waals surface area contributed by atoms with E-state index in [1.54, 1.807) is 6.07 Å². The highest BCUT2D eigenvalue weighted by Gasteiger charge is 2.35. The zero-order valence-corrected chi connectivity index (χ0v) is 11.7. The van der Waals surface area contributed by atoms with E-state index in [-0.39, 0.29) is 11.1 Å². The average molecular weight is 283 g/mol. The zero-order valence-electron chi connectivity index (χ0n) is 10.9. The van der Waals surface area contributed by atoms with Crippen LogP contribution in [0.25, 0.3) is 0 Å². The summed E-state index contributed by atoms with van der Waals surface area (Å²) in [5, 5.41) is 3.57. The molecule has 3 rings (SSSR count). The number of furan rings is 1. The molecule has 2 fully saturated rings. The van der Waals surface area contributed by atoms with Gasteiger partial charge in [0.2, 0.25) is 5.22 Å². The largest absolute Gasteiger partial charge is 0.452 e. The molecular weight excluding hydrogens is 264 g/mol. The standard InChI is InChI=1S/C14H19ClN2O2/c15-13-12(5-8-19-13)14(18)17(11-1-2-11)9-10-3-6-16-7-4-10/h5,8,10-11,16H,1-4,6-7,9H2. The maximum Gasteiger partial charge on any atom is 0.258 e. The molecule has 2 heterocycles. The van der Waals surface area contributed by atoms with Gasteiger partial charge in [0.05, 0.1) is 11.8 Å². The first-order chi connectivity index (χ1) is 9.25. The van der Waals surface area contributed by atoms with Crippen molar-refractivity contribution in [3.63, 3.8) is 0 Å². The molecule has 0 radical (unpaired) electrons. The SMILES string of the molecule is O=C(c1ccoc1Cl)N(CC1CCNCC1)C1CC1. The van der Waals surface area contributed by atoms with Crippen molar-refractivity contribution in [2.45, 2.75) is 31.7 Å². The fraction of sp³-hybridized carbons (Fsp3) is 0.643. The van der Waals surface area contributed by atoms with Gasteiger partial charge in [-0.1, -0.05) is 0 Å². The number of halogens is 1. The smallest absolute Gasteiger partial charge is 0.258 e. The Hall–Kier alpha value is -1.00. The number of rotatable bonds is 4. The maximum absolute atomic E-state index is 12.5. The van der Waals surface area contributed by atoms with Gasteiger partial charge in [-0.25, -0.2) is 0 Å². The summed E-state index contributed by atoms with van der Waals surface area (Å²) in [6.45, 7) is 2.97. The van der Waals surface area contributed by atoms with Crippen LogP contribution in [0, 0.1) is 5.92 Å². The van der Waals surface area contributed by atoms with Gasteiger partial charge in [-0.05, 0) is 62.4 Å². The second kappa shape index (κ2) is 5.55. The minimum Gasteiger partial charge on any atom is -0.452 e. The molecule has 0 aromatic carbocycles. The molecular formula is C14H19ClN2O2. The summed E-state index contributed by atoms with van der Waals surface area (Å²) in [5.41, 5.74) is 0.502. The van der Waals surface area contributed by atoms with Crippen molar-refractivity contribution in [2.75, 3.05) is 19.6 Å². The molecule has 0 spiro atoms. The Labute approximate surface area is 118 Å². The van der Waals surface area contributed by atoms with Crippen molar-refractivity contribution in [2.24, 2.45) is 5.92 Å². The van der Waals surface area contributed by atoms with E-state index < -0.39 is 0 Å². The number of hydrogen-bond acceptors (Lipinski definition) is 3. The minimum absolute atomic E-state index is 0.0276. The van der Waals surface area contributed by atoms with Crippen LogP contribution in [0.5, 0.6) is 0 Å². The Balaban J connectivity index is 1.70. The molecule has 1 amide bonds. The molecule has 1 aromatic rings. The van der Waals surface area contributed by atoms with Crippen LogP contribution in [0.2, 0.25) is 5.22 Å². The molecule has 2 aliphatic rings. The van der Waals surface area contributed by atoms with E-state index in [1.165, 1.54) is 6.26 Å². The molecule has 1 aliphatic carbocycles. The summed E-state index contributed by atoms with van der Waals surface area (Å²) in [6.07, 6.45) is 6.01. The van der Waals surface area contributed by atoms with Crippen LogP contribution in [0.4, 0.5) is 0 Å². The van der Waals surface area contributed by atoms with E-state index in [0.717, 1.165) is 45.3 Å². The van der Waals surface area contributed by atoms with E-state index in [4.69, 9.17) is 16.0 Å². The molecule has 0 bridgehead atoms. The maximum atomic E-state index is 12.5. The Kier molecular flexibility index (Phi) is 3.80. The fourth-order valence-electron chi connectivity index (χ4n) is 2.73. The molecule has 0 atom stereocenters. The van der Waals surface area contributed by atoms with Gasteiger partial charge in [0.1, 0.15) is 0 Å². The van der Waals surface area contributed by atoms with E-state index >= 15 is 0 Å². The van der Waals surface area contributed by atoms with Crippen molar-refractivity contribution < 1.29 is 9.21 Å².